The van der Waals surface area contributed by atoms with Crippen LogP contribution in [0.25, 0.3) is 0 Å². The summed E-state index contributed by atoms with van der Waals surface area (Å²) in [5.74, 6) is -0.452. The van der Waals surface area contributed by atoms with Crippen LogP contribution < -0.4 is 4.90 Å². The topological polar surface area (TPSA) is 49.9 Å². The summed E-state index contributed by atoms with van der Waals surface area (Å²) in [5, 5.41) is 0. The molecule has 1 atom stereocenters. The second-order valence-corrected chi connectivity index (χ2v) is 6.28. The van der Waals surface area contributed by atoms with Crippen LogP contribution in [0.1, 0.15) is 32.4 Å². The maximum atomic E-state index is 14.0. The second-order valence-electron chi connectivity index (χ2n) is 6.28. The minimum atomic E-state index is -0.902. The van der Waals surface area contributed by atoms with Gasteiger partial charge in [0, 0.05) is 21.1 Å². The van der Waals surface area contributed by atoms with E-state index < -0.39 is 23.6 Å². The van der Waals surface area contributed by atoms with Gasteiger partial charge in [0.15, 0.2) is 0 Å². The summed E-state index contributed by atoms with van der Waals surface area (Å²) in [6.45, 7) is 5.21. The van der Waals surface area contributed by atoms with Gasteiger partial charge in [0.1, 0.15) is 23.7 Å². The zero-order chi connectivity index (χ0) is 17.1. The first-order chi connectivity index (χ1) is 10.1. The summed E-state index contributed by atoms with van der Waals surface area (Å²) in [6, 6.07) is 3.55. The fourth-order valence-electron chi connectivity index (χ4n) is 1.91. The number of hydrogen-bond donors (Lipinski definition) is 0. The molecule has 1 unspecified atom stereocenters. The summed E-state index contributed by atoms with van der Waals surface area (Å²) in [6.07, 6.45) is -0.0460. The van der Waals surface area contributed by atoms with Crippen molar-refractivity contribution in [3.05, 3.63) is 29.6 Å². The zero-order valence-electron chi connectivity index (χ0n) is 13.9. The first-order valence-electron chi connectivity index (χ1n) is 6.94. The molecule has 0 aliphatic rings. The highest BCUT2D eigenvalue weighted by Crippen LogP contribution is 2.25. The average molecular weight is 310 g/mol. The zero-order valence-corrected chi connectivity index (χ0v) is 13.9. The van der Waals surface area contributed by atoms with Crippen LogP contribution in [0.15, 0.2) is 18.2 Å². The van der Waals surface area contributed by atoms with E-state index in [9.17, 15) is 14.0 Å². The molecule has 0 spiro atoms. The molecular weight excluding hydrogens is 287 g/mol. The van der Waals surface area contributed by atoms with Gasteiger partial charge in [0.25, 0.3) is 0 Å². The Balaban J connectivity index is 3.03. The standard InChI is InChI=1S/C16H23FN2O3/c1-16(2,3)22-15(21)19(6)14(10-20)11-7-8-13(18(4)5)12(17)9-11/h7-10,14H,1-6H3. The lowest BCUT2D eigenvalue weighted by Crippen LogP contribution is -2.37. The van der Waals surface area contributed by atoms with Crippen LogP contribution in [0.3, 0.4) is 0 Å². The van der Waals surface area contributed by atoms with Gasteiger partial charge < -0.3 is 14.4 Å². The number of nitrogens with zero attached hydrogens (tertiary/aromatic N) is 2. The van der Waals surface area contributed by atoms with Crippen molar-refractivity contribution in [3.63, 3.8) is 0 Å². The molecule has 0 aliphatic carbocycles. The molecule has 1 rings (SSSR count). The van der Waals surface area contributed by atoms with E-state index in [1.807, 2.05) is 0 Å². The third kappa shape index (κ3) is 4.44. The third-order valence-electron chi connectivity index (χ3n) is 3.02. The van der Waals surface area contributed by atoms with E-state index in [0.29, 0.717) is 17.5 Å². The fraction of sp³-hybridized carbons (Fsp3) is 0.500. The van der Waals surface area contributed by atoms with Gasteiger partial charge in [0.05, 0.1) is 5.69 Å². The molecule has 5 nitrogen and oxygen atoms in total. The monoisotopic (exact) mass is 310 g/mol. The van der Waals surface area contributed by atoms with Crippen LogP contribution in [-0.4, -0.2) is 44.0 Å². The predicted octanol–water partition coefficient (Wildman–Crippen LogP) is 3.00. The number of aldehydes is 1. The first-order valence-corrected chi connectivity index (χ1v) is 6.94. The Bertz CT molecular complexity index is 553. The SMILES string of the molecule is CN(C)c1ccc(C(C=O)N(C)C(=O)OC(C)(C)C)cc1F. The van der Waals surface area contributed by atoms with E-state index in [4.69, 9.17) is 4.74 Å². The second kappa shape index (κ2) is 6.77. The summed E-state index contributed by atoms with van der Waals surface area (Å²) in [4.78, 5) is 26.2. The minimum absolute atomic E-state index is 0.395. The predicted molar refractivity (Wildman–Crippen MR) is 83.5 cm³/mol. The Morgan fingerprint density at radius 3 is 2.27 bits per heavy atom. The van der Waals surface area contributed by atoms with Crippen LogP contribution in [0.5, 0.6) is 0 Å². The molecule has 0 fully saturated rings. The number of carbonyl (C=O) groups is 2. The van der Waals surface area contributed by atoms with Crippen LogP contribution in [0, 0.1) is 5.82 Å². The van der Waals surface area contributed by atoms with Crippen LogP contribution >= 0.6 is 0 Å². The summed E-state index contributed by atoms with van der Waals surface area (Å²) < 4.78 is 19.3. The molecule has 0 bridgehead atoms. The molecule has 122 valence electrons. The van der Waals surface area contributed by atoms with Crippen LogP contribution in [-0.2, 0) is 9.53 Å². The normalized spacial score (nSPS) is 12.5. The van der Waals surface area contributed by atoms with Crippen molar-refractivity contribution < 1.29 is 18.7 Å². The number of amides is 1. The number of likely N-dealkylation sites (N-methyl/N-ethyl adjacent to an activating group) is 1. The number of hydrogen-bond acceptors (Lipinski definition) is 4. The molecule has 0 aliphatic heterocycles. The lowest BCUT2D eigenvalue weighted by Gasteiger charge is -2.28. The Kier molecular flexibility index (Phi) is 5.52. The van der Waals surface area contributed by atoms with Gasteiger partial charge in [-0.05, 0) is 38.5 Å². The molecule has 6 heteroatoms. The maximum absolute atomic E-state index is 14.0. The van der Waals surface area contributed by atoms with Crippen molar-refractivity contribution in [2.75, 3.05) is 26.0 Å². The lowest BCUT2D eigenvalue weighted by atomic mass is 10.1. The van der Waals surface area contributed by atoms with Crippen molar-refractivity contribution in [2.45, 2.75) is 32.4 Å². The minimum Gasteiger partial charge on any atom is -0.444 e. The molecule has 0 heterocycles. The average Bonchev–Trinajstić information content (AvgIpc) is 2.37. The Morgan fingerprint density at radius 2 is 1.86 bits per heavy atom. The summed E-state index contributed by atoms with van der Waals surface area (Å²) in [7, 11) is 4.90. The number of benzene rings is 1. The largest absolute Gasteiger partial charge is 0.444 e. The molecule has 0 saturated heterocycles. The van der Waals surface area contributed by atoms with E-state index >= 15 is 0 Å². The lowest BCUT2D eigenvalue weighted by molar-refractivity contribution is -0.112. The van der Waals surface area contributed by atoms with Gasteiger partial charge in [-0.25, -0.2) is 9.18 Å². The number of halogens is 1. The molecule has 0 N–H and O–H groups in total. The van der Waals surface area contributed by atoms with Gasteiger partial charge in [-0.1, -0.05) is 6.07 Å². The summed E-state index contributed by atoms with van der Waals surface area (Å²) in [5.41, 5.74) is 0.138. The van der Waals surface area contributed by atoms with Gasteiger partial charge >= 0.3 is 6.09 Å². The van der Waals surface area contributed by atoms with E-state index in [0.717, 1.165) is 4.90 Å². The van der Waals surface area contributed by atoms with E-state index in [-0.39, 0.29) is 0 Å². The highest BCUT2D eigenvalue weighted by atomic mass is 19.1. The van der Waals surface area contributed by atoms with Gasteiger partial charge in [-0.2, -0.15) is 0 Å². The van der Waals surface area contributed by atoms with Crippen LogP contribution in [0.2, 0.25) is 0 Å². The Labute approximate surface area is 130 Å². The molecule has 0 aromatic heterocycles. The van der Waals surface area contributed by atoms with Crippen molar-refractivity contribution in [1.29, 1.82) is 0 Å². The first kappa shape index (κ1) is 17.9. The van der Waals surface area contributed by atoms with Crippen molar-refractivity contribution in [3.8, 4) is 0 Å². The van der Waals surface area contributed by atoms with E-state index in [2.05, 4.69) is 0 Å². The maximum Gasteiger partial charge on any atom is 0.410 e. The number of ether oxygens (including phenoxy) is 1. The molecule has 1 aromatic rings. The Morgan fingerprint density at radius 1 is 1.27 bits per heavy atom. The number of anilines is 1. The number of rotatable bonds is 4. The molecule has 1 aromatic carbocycles. The highest BCUT2D eigenvalue weighted by molar-refractivity contribution is 5.75. The molecule has 0 radical (unpaired) electrons. The van der Waals surface area contributed by atoms with Crippen molar-refractivity contribution in [1.82, 2.24) is 4.90 Å². The highest BCUT2D eigenvalue weighted by Gasteiger charge is 2.26. The molecule has 1 amide bonds. The molecule has 22 heavy (non-hydrogen) atoms. The third-order valence-corrected chi connectivity index (χ3v) is 3.02. The quantitative estimate of drug-likeness (QED) is 0.802. The van der Waals surface area contributed by atoms with E-state index in [1.54, 1.807) is 51.9 Å². The van der Waals surface area contributed by atoms with Gasteiger partial charge in [-0.3, -0.25) is 4.90 Å². The fourth-order valence-corrected chi connectivity index (χ4v) is 1.91. The molecular formula is C16H23FN2O3. The summed E-state index contributed by atoms with van der Waals surface area (Å²) >= 11 is 0. The molecule has 0 saturated carbocycles. The van der Waals surface area contributed by atoms with E-state index in [1.165, 1.54) is 13.1 Å². The smallest absolute Gasteiger partial charge is 0.410 e. The van der Waals surface area contributed by atoms with Crippen molar-refractivity contribution >= 4 is 18.1 Å². The van der Waals surface area contributed by atoms with Gasteiger partial charge in [0.2, 0.25) is 0 Å². The Hall–Kier alpha value is -2.11. The number of carbonyl (C=O) groups excluding carboxylic acids is 2. The van der Waals surface area contributed by atoms with Crippen LogP contribution in [0.4, 0.5) is 14.9 Å². The van der Waals surface area contributed by atoms with Crippen molar-refractivity contribution in [2.24, 2.45) is 0 Å². The van der Waals surface area contributed by atoms with Gasteiger partial charge in [-0.15, -0.1) is 0 Å².